The van der Waals surface area contributed by atoms with Crippen LogP contribution in [0.25, 0.3) is 6.08 Å². The molecule has 0 atom stereocenters. The summed E-state index contributed by atoms with van der Waals surface area (Å²) < 4.78 is 14.6. The Kier molecular flexibility index (Phi) is 5.31. The summed E-state index contributed by atoms with van der Waals surface area (Å²) in [7, 11) is 0. The lowest BCUT2D eigenvalue weighted by molar-refractivity contribution is -0.111. The van der Waals surface area contributed by atoms with Crippen LogP contribution < -0.4 is 5.32 Å². The average molecular weight is 336 g/mol. The molecule has 1 N–H and O–H groups in total. The monoisotopic (exact) mass is 336 g/mol. The van der Waals surface area contributed by atoms with Gasteiger partial charge in [-0.25, -0.2) is 4.39 Å². The molecule has 1 aromatic carbocycles. The minimum absolute atomic E-state index is 0.292. The van der Waals surface area contributed by atoms with Crippen molar-refractivity contribution in [1.29, 1.82) is 0 Å². The predicted molar refractivity (Wildman–Crippen MR) is 94.2 cm³/mol. The molecule has 0 aliphatic rings. The molecule has 3 rings (SSSR count). The van der Waals surface area contributed by atoms with Crippen LogP contribution in [-0.4, -0.2) is 20.7 Å². The minimum Gasteiger partial charge on any atom is -0.306 e. The summed E-state index contributed by atoms with van der Waals surface area (Å²) in [5.74, 6) is -0.119. The van der Waals surface area contributed by atoms with Gasteiger partial charge in [-0.1, -0.05) is 18.2 Å². The number of carbonyl (C=O) groups is 1. The molecule has 0 aliphatic heterocycles. The summed E-state index contributed by atoms with van der Waals surface area (Å²) in [6.45, 7) is 0.679. The molecule has 0 aliphatic carbocycles. The molecule has 6 heteroatoms. The van der Waals surface area contributed by atoms with Crippen molar-refractivity contribution >= 4 is 17.8 Å². The molecule has 5 nitrogen and oxygen atoms in total. The van der Waals surface area contributed by atoms with Crippen LogP contribution in [0.2, 0.25) is 0 Å². The molecule has 126 valence electrons. The first-order valence-electron chi connectivity index (χ1n) is 7.87. The number of hydrogen-bond acceptors (Lipinski definition) is 3. The number of amides is 1. The van der Waals surface area contributed by atoms with Gasteiger partial charge in [0.15, 0.2) is 5.82 Å². The SMILES string of the molecule is O=C(/C=C\c1ccc(F)cc1)Nc1ccn(CCc2ccccn2)n1. The fourth-order valence-electron chi connectivity index (χ4n) is 2.24. The number of rotatable bonds is 6. The van der Waals surface area contributed by atoms with Gasteiger partial charge in [0.1, 0.15) is 5.82 Å². The highest BCUT2D eigenvalue weighted by atomic mass is 19.1. The normalized spacial score (nSPS) is 10.9. The van der Waals surface area contributed by atoms with Gasteiger partial charge >= 0.3 is 0 Å². The highest BCUT2D eigenvalue weighted by Crippen LogP contribution is 2.07. The maximum Gasteiger partial charge on any atom is 0.249 e. The average Bonchev–Trinajstić information content (AvgIpc) is 3.08. The third kappa shape index (κ3) is 5.10. The molecule has 0 radical (unpaired) electrons. The van der Waals surface area contributed by atoms with E-state index in [0.717, 1.165) is 17.7 Å². The zero-order chi connectivity index (χ0) is 17.5. The Hall–Kier alpha value is -3.28. The summed E-state index contributed by atoms with van der Waals surface area (Å²) in [5.41, 5.74) is 1.74. The molecule has 0 bridgehead atoms. The standard InChI is InChI=1S/C19H17FN4O/c20-16-7-4-15(5-8-16)6-9-19(25)22-18-11-14-24(23-18)13-10-17-3-1-2-12-21-17/h1-9,11-12,14H,10,13H2,(H,22,23,25)/b9-6-. The van der Waals surface area contributed by atoms with Gasteiger partial charge in [-0.2, -0.15) is 5.10 Å². The van der Waals surface area contributed by atoms with Crippen LogP contribution in [0.15, 0.2) is 67.0 Å². The Balaban J connectivity index is 1.52. The molecule has 0 saturated carbocycles. The Labute approximate surface area is 144 Å². The molecular formula is C19H17FN4O. The van der Waals surface area contributed by atoms with Gasteiger partial charge in [0, 0.05) is 43.2 Å². The lowest BCUT2D eigenvalue weighted by Gasteiger charge is -2.01. The quantitative estimate of drug-likeness (QED) is 0.703. The van der Waals surface area contributed by atoms with Crippen LogP contribution in [0.4, 0.5) is 10.2 Å². The summed E-state index contributed by atoms with van der Waals surface area (Å²) in [6, 6.07) is 13.4. The van der Waals surface area contributed by atoms with Crippen LogP contribution in [0, 0.1) is 5.82 Å². The number of carbonyl (C=O) groups excluding carboxylic acids is 1. The van der Waals surface area contributed by atoms with E-state index in [9.17, 15) is 9.18 Å². The third-order valence-electron chi connectivity index (χ3n) is 3.51. The van der Waals surface area contributed by atoms with Crippen molar-refractivity contribution in [3.8, 4) is 0 Å². The van der Waals surface area contributed by atoms with Crippen molar-refractivity contribution < 1.29 is 9.18 Å². The van der Waals surface area contributed by atoms with Crippen molar-refractivity contribution in [3.05, 3.63) is 84.1 Å². The van der Waals surface area contributed by atoms with E-state index >= 15 is 0 Å². The molecule has 0 unspecified atom stereocenters. The lowest BCUT2D eigenvalue weighted by Crippen LogP contribution is -2.09. The van der Waals surface area contributed by atoms with Crippen molar-refractivity contribution in [2.45, 2.75) is 13.0 Å². The Morgan fingerprint density at radius 1 is 1.16 bits per heavy atom. The molecule has 2 aromatic heterocycles. The first-order chi connectivity index (χ1) is 12.2. The van der Waals surface area contributed by atoms with E-state index in [1.807, 2.05) is 24.4 Å². The number of aromatic nitrogens is 3. The van der Waals surface area contributed by atoms with E-state index in [1.54, 1.807) is 35.2 Å². The van der Waals surface area contributed by atoms with Crippen LogP contribution in [0.5, 0.6) is 0 Å². The zero-order valence-electron chi connectivity index (χ0n) is 13.5. The highest BCUT2D eigenvalue weighted by molar-refractivity contribution is 6.01. The van der Waals surface area contributed by atoms with Crippen molar-refractivity contribution in [3.63, 3.8) is 0 Å². The largest absolute Gasteiger partial charge is 0.306 e. The van der Waals surface area contributed by atoms with Crippen molar-refractivity contribution in [2.75, 3.05) is 5.32 Å². The second kappa shape index (κ2) is 8.01. The van der Waals surface area contributed by atoms with Gasteiger partial charge < -0.3 is 5.32 Å². The van der Waals surface area contributed by atoms with Gasteiger partial charge in [-0.05, 0) is 35.9 Å². The lowest BCUT2D eigenvalue weighted by atomic mass is 10.2. The van der Waals surface area contributed by atoms with E-state index in [4.69, 9.17) is 0 Å². The number of nitrogens with one attached hydrogen (secondary N) is 1. The van der Waals surface area contributed by atoms with E-state index in [0.29, 0.717) is 12.4 Å². The summed E-state index contributed by atoms with van der Waals surface area (Å²) >= 11 is 0. The number of benzene rings is 1. The predicted octanol–water partition coefficient (Wildman–Crippen LogP) is 3.31. The van der Waals surface area contributed by atoms with Crippen molar-refractivity contribution in [2.24, 2.45) is 0 Å². The molecule has 0 spiro atoms. The topological polar surface area (TPSA) is 59.8 Å². The number of halogens is 1. The minimum atomic E-state index is -0.308. The molecule has 0 saturated heterocycles. The van der Waals surface area contributed by atoms with Gasteiger partial charge in [0.2, 0.25) is 5.91 Å². The van der Waals surface area contributed by atoms with E-state index < -0.39 is 0 Å². The highest BCUT2D eigenvalue weighted by Gasteiger charge is 2.03. The van der Waals surface area contributed by atoms with Crippen LogP contribution >= 0.6 is 0 Å². The second-order valence-corrected chi connectivity index (χ2v) is 5.41. The number of nitrogens with zero attached hydrogens (tertiary/aromatic N) is 3. The first-order valence-corrected chi connectivity index (χ1v) is 7.87. The van der Waals surface area contributed by atoms with Crippen LogP contribution in [0.1, 0.15) is 11.3 Å². The molecule has 25 heavy (non-hydrogen) atoms. The number of hydrogen-bond donors (Lipinski definition) is 1. The molecule has 2 heterocycles. The van der Waals surface area contributed by atoms with Crippen LogP contribution in [-0.2, 0) is 17.8 Å². The number of anilines is 1. The zero-order valence-corrected chi connectivity index (χ0v) is 13.5. The molecule has 0 fully saturated rings. The number of pyridine rings is 1. The second-order valence-electron chi connectivity index (χ2n) is 5.41. The van der Waals surface area contributed by atoms with Gasteiger partial charge in [-0.15, -0.1) is 0 Å². The van der Waals surface area contributed by atoms with E-state index in [1.165, 1.54) is 18.2 Å². The molecule has 1 amide bonds. The fraction of sp³-hybridized carbons (Fsp3) is 0.105. The first kappa shape index (κ1) is 16.6. The maximum absolute atomic E-state index is 12.8. The summed E-state index contributed by atoms with van der Waals surface area (Å²) in [6.07, 6.45) is 7.34. The van der Waals surface area contributed by atoms with Gasteiger partial charge in [-0.3, -0.25) is 14.5 Å². The van der Waals surface area contributed by atoms with Gasteiger partial charge in [0.25, 0.3) is 0 Å². The molecular weight excluding hydrogens is 319 g/mol. The summed E-state index contributed by atoms with van der Waals surface area (Å²) in [4.78, 5) is 16.2. The van der Waals surface area contributed by atoms with E-state index in [-0.39, 0.29) is 11.7 Å². The number of aryl methyl sites for hydroxylation is 2. The van der Waals surface area contributed by atoms with Gasteiger partial charge in [0.05, 0.1) is 0 Å². The van der Waals surface area contributed by atoms with Crippen molar-refractivity contribution in [1.82, 2.24) is 14.8 Å². The summed E-state index contributed by atoms with van der Waals surface area (Å²) in [5, 5.41) is 7.00. The van der Waals surface area contributed by atoms with Crippen LogP contribution in [0.3, 0.4) is 0 Å². The van der Waals surface area contributed by atoms with E-state index in [2.05, 4.69) is 15.4 Å². The maximum atomic E-state index is 12.8. The molecule has 3 aromatic rings. The Morgan fingerprint density at radius 3 is 2.76 bits per heavy atom. The third-order valence-corrected chi connectivity index (χ3v) is 3.51. The Bertz CT molecular complexity index is 857. The Morgan fingerprint density at radius 2 is 2.00 bits per heavy atom. The fourth-order valence-corrected chi connectivity index (χ4v) is 2.24. The smallest absolute Gasteiger partial charge is 0.249 e.